The van der Waals surface area contributed by atoms with Crippen LogP contribution in [-0.2, 0) is 4.79 Å². The fourth-order valence-corrected chi connectivity index (χ4v) is 1.96. The van der Waals surface area contributed by atoms with E-state index >= 15 is 0 Å². The smallest absolute Gasteiger partial charge is 0.209 e. The van der Waals surface area contributed by atoms with Crippen molar-refractivity contribution in [2.75, 3.05) is 13.1 Å². The van der Waals surface area contributed by atoms with Crippen LogP contribution >= 0.6 is 0 Å². The number of nitrogens with zero attached hydrogens (tertiary/aromatic N) is 1. The molecule has 12 heavy (non-hydrogen) atoms. The van der Waals surface area contributed by atoms with Gasteiger partial charge in [0.05, 0.1) is 0 Å². The molecule has 0 atom stereocenters. The third kappa shape index (κ3) is 2.84. The van der Waals surface area contributed by atoms with Gasteiger partial charge in [-0.3, -0.25) is 4.79 Å². The lowest BCUT2D eigenvalue weighted by Crippen LogP contribution is -2.32. The normalized spacial score (nSPS) is 20.1. The second-order valence-corrected chi connectivity index (χ2v) is 4.21. The van der Waals surface area contributed by atoms with Gasteiger partial charge in [-0.1, -0.05) is 13.8 Å². The molecule has 0 aliphatic carbocycles. The summed E-state index contributed by atoms with van der Waals surface area (Å²) in [4.78, 5) is 12.3. The van der Waals surface area contributed by atoms with E-state index in [1.54, 1.807) is 0 Å². The predicted octanol–water partition coefficient (Wildman–Crippen LogP) is 1.90. The minimum atomic E-state index is 0.804. The minimum absolute atomic E-state index is 0.804. The first kappa shape index (κ1) is 9.56. The Kier molecular flexibility index (Phi) is 3.57. The number of hydrogen-bond donors (Lipinski definition) is 0. The molecule has 0 saturated carbocycles. The van der Waals surface area contributed by atoms with Gasteiger partial charge >= 0.3 is 0 Å². The van der Waals surface area contributed by atoms with Crippen molar-refractivity contribution in [1.82, 2.24) is 4.90 Å². The monoisotopic (exact) mass is 169 g/mol. The Labute approximate surface area is 74.9 Å². The van der Waals surface area contributed by atoms with Crippen LogP contribution in [0.25, 0.3) is 0 Å². The van der Waals surface area contributed by atoms with Gasteiger partial charge in [-0.15, -0.1) is 0 Å². The highest BCUT2D eigenvalue weighted by molar-refractivity contribution is 5.47. The summed E-state index contributed by atoms with van der Waals surface area (Å²) in [7, 11) is 0. The molecule has 1 heterocycles. The highest BCUT2D eigenvalue weighted by Crippen LogP contribution is 2.22. The van der Waals surface area contributed by atoms with Crippen LogP contribution in [-0.4, -0.2) is 24.4 Å². The summed E-state index contributed by atoms with van der Waals surface area (Å²) in [6, 6.07) is 0. The highest BCUT2D eigenvalue weighted by atomic mass is 16.1. The van der Waals surface area contributed by atoms with E-state index in [4.69, 9.17) is 0 Å². The number of carbonyl (C=O) groups is 1. The summed E-state index contributed by atoms with van der Waals surface area (Å²) < 4.78 is 0. The van der Waals surface area contributed by atoms with E-state index in [-0.39, 0.29) is 0 Å². The number of carbonyl (C=O) groups excluding carboxylic acids is 1. The van der Waals surface area contributed by atoms with Crippen LogP contribution in [0.1, 0.15) is 33.1 Å². The Bertz CT molecular complexity index is 137. The van der Waals surface area contributed by atoms with Gasteiger partial charge in [-0.25, -0.2) is 0 Å². The van der Waals surface area contributed by atoms with Crippen LogP contribution in [0.4, 0.5) is 0 Å². The van der Waals surface area contributed by atoms with Crippen LogP contribution in [0.3, 0.4) is 0 Å². The molecule has 0 aromatic carbocycles. The molecule has 2 nitrogen and oxygen atoms in total. The van der Waals surface area contributed by atoms with Gasteiger partial charge in [0.2, 0.25) is 6.41 Å². The van der Waals surface area contributed by atoms with E-state index in [0.717, 1.165) is 31.3 Å². The Morgan fingerprint density at radius 1 is 1.42 bits per heavy atom. The third-order valence-corrected chi connectivity index (χ3v) is 2.60. The lowest BCUT2D eigenvalue weighted by atomic mass is 9.89. The number of piperidine rings is 1. The molecule has 0 aromatic heterocycles. The van der Waals surface area contributed by atoms with E-state index in [9.17, 15) is 4.79 Å². The first-order valence-electron chi connectivity index (χ1n) is 4.91. The summed E-state index contributed by atoms with van der Waals surface area (Å²) in [5, 5.41) is 0. The van der Waals surface area contributed by atoms with Gasteiger partial charge in [0.1, 0.15) is 0 Å². The second kappa shape index (κ2) is 4.48. The zero-order valence-corrected chi connectivity index (χ0v) is 8.12. The molecule has 0 radical (unpaired) electrons. The second-order valence-electron chi connectivity index (χ2n) is 4.21. The quantitative estimate of drug-likeness (QED) is 0.591. The van der Waals surface area contributed by atoms with Crippen molar-refractivity contribution in [3.05, 3.63) is 0 Å². The van der Waals surface area contributed by atoms with Gasteiger partial charge in [0.25, 0.3) is 0 Å². The van der Waals surface area contributed by atoms with Gasteiger partial charge in [-0.05, 0) is 31.1 Å². The summed E-state index contributed by atoms with van der Waals surface area (Å²) in [6.45, 7) is 6.49. The average Bonchev–Trinajstić information content (AvgIpc) is 2.05. The van der Waals surface area contributed by atoms with Crippen molar-refractivity contribution in [3.8, 4) is 0 Å². The first-order valence-corrected chi connectivity index (χ1v) is 4.91. The zero-order chi connectivity index (χ0) is 8.97. The van der Waals surface area contributed by atoms with Crippen molar-refractivity contribution in [2.24, 2.45) is 11.8 Å². The van der Waals surface area contributed by atoms with Gasteiger partial charge < -0.3 is 4.90 Å². The third-order valence-electron chi connectivity index (χ3n) is 2.60. The fraction of sp³-hybridized carbons (Fsp3) is 0.900. The lowest BCUT2D eigenvalue weighted by molar-refractivity contribution is -0.119. The molecule has 0 N–H and O–H groups in total. The van der Waals surface area contributed by atoms with Crippen LogP contribution < -0.4 is 0 Å². The van der Waals surface area contributed by atoms with E-state index in [2.05, 4.69) is 13.8 Å². The largest absolute Gasteiger partial charge is 0.345 e. The SMILES string of the molecule is CC(C)CC1CCN(C=O)CC1. The number of amides is 1. The molecule has 0 unspecified atom stereocenters. The molecule has 1 aliphatic rings. The molecule has 1 fully saturated rings. The van der Waals surface area contributed by atoms with E-state index in [1.807, 2.05) is 4.90 Å². The van der Waals surface area contributed by atoms with E-state index < -0.39 is 0 Å². The standard InChI is InChI=1S/C10H19NO/c1-9(2)7-10-3-5-11(8-12)6-4-10/h8-10H,3-7H2,1-2H3. The maximum Gasteiger partial charge on any atom is 0.209 e. The highest BCUT2D eigenvalue weighted by Gasteiger charge is 2.18. The average molecular weight is 169 g/mol. The molecule has 70 valence electrons. The summed E-state index contributed by atoms with van der Waals surface area (Å²) in [5.74, 6) is 1.67. The molecule has 1 saturated heterocycles. The molecular formula is C10H19NO. The summed E-state index contributed by atoms with van der Waals surface area (Å²) in [5.41, 5.74) is 0. The Morgan fingerprint density at radius 2 is 2.00 bits per heavy atom. The number of likely N-dealkylation sites (tertiary alicyclic amines) is 1. The molecule has 0 bridgehead atoms. The van der Waals surface area contributed by atoms with Crippen LogP contribution in [0.5, 0.6) is 0 Å². The van der Waals surface area contributed by atoms with Crippen molar-refractivity contribution >= 4 is 6.41 Å². The van der Waals surface area contributed by atoms with E-state index in [1.165, 1.54) is 19.3 Å². The molecule has 2 heteroatoms. The van der Waals surface area contributed by atoms with Crippen LogP contribution in [0.2, 0.25) is 0 Å². The Balaban J connectivity index is 2.21. The maximum absolute atomic E-state index is 10.4. The number of hydrogen-bond acceptors (Lipinski definition) is 1. The Morgan fingerprint density at radius 3 is 2.42 bits per heavy atom. The van der Waals surface area contributed by atoms with E-state index in [0.29, 0.717) is 0 Å². The van der Waals surface area contributed by atoms with Gasteiger partial charge in [0, 0.05) is 13.1 Å². The fourth-order valence-electron chi connectivity index (χ4n) is 1.96. The van der Waals surface area contributed by atoms with Crippen molar-refractivity contribution in [3.63, 3.8) is 0 Å². The Hall–Kier alpha value is -0.530. The summed E-state index contributed by atoms with van der Waals surface area (Å²) >= 11 is 0. The lowest BCUT2D eigenvalue weighted by Gasteiger charge is -2.29. The molecule has 1 amide bonds. The molecular weight excluding hydrogens is 150 g/mol. The molecule has 0 spiro atoms. The van der Waals surface area contributed by atoms with Gasteiger partial charge in [-0.2, -0.15) is 0 Å². The minimum Gasteiger partial charge on any atom is -0.345 e. The summed E-state index contributed by atoms with van der Waals surface area (Å²) in [6.07, 6.45) is 4.71. The molecule has 1 aliphatic heterocycles. The zero-order valence-electron chi connectivity index (χ0n) is 8.12. The van der Waals surface area contributed by atoms with Crippen LogP contribution in [0, 0.1) is 11.8 Å². The van der Waals surface area contributed by atoms with Gasteiger partial charge in [0.15, 0.2) is 0 Å². The molecule has 0 aromatic rings. The molecule has 1 rings (SSSR count). The maximum atomic E-state index is 10.4. The van der Waals surface area contributed by atoms with Crippen LogP contribution in [0.15, 0.2) is 0 Å². The predicted molar refractivity (Wildman–Crippen MR) is 49.8 cm³/mol. The van der Waals surface area contributed by atoms with Crippen molar-refractivity contribution < 1.29 is 4.79 Å². The van der Waals surface area contributed by atoms with Crippen molar-refractivity contribution in [2.45, 2.75) is 33.1 Å². The first-order chi connectivity index (χ1) is 5.72. The number of rotatable bonds is 3. The van der Waals surface area contributed by atoms with Crippen molar-refractivity contribution in [1.29, 1.82) is 0 Å². The topological polar surface area (TPSA) is 20.3 Å².